The highest BCUT2D eigenvalue weighted by Gasteiger charge is 2.32. The molecule has 130 valence electrons. The molecule has 0 spiro atoms. The van der Waals surface area contributed by atoms with E-state index in [1.54, 1.807) is 6.07 Å². The van der Waals surface area contributed by atoms with Gasteiger partial charge in [0.2, 0.25) is 0 Å². The molecule has 1 saturated carbocycles. The zero-order valence-corrected chi connectivity index (χ0v) is 15.1. The van der Waals surface area contributed by atoms with Crippen LogP contribution in [0.5, 0.6) is 0 Å². The van der Waals surface area contributed by atoms with E-state index < -0.39 is 0 Å². The molecule has 7 nitrogen and oxygen atoms in total. The predicted octanol–water partition coefficient (Wildman–Crippen LogP) is 1.50. The van der Waals surface area contributed by atoms with Crippen molar-refractivity contribution in [1.82, 2.24) is 30.2 Å². The first-order valence-electron chi connectivity index (χ1n) is 8.39. The van der Waals surface area contributed by atoms with E-state index >= 15 is 0 Å². The van der Waals surface area contributed by atoms with Gasteiger partial charge in [0.1, 0.15) is 5.69 Å². The zero-order chi connectivity index (χ0) is 17.4. The first-order valence-corrected chi connectivity index (χ1v) is 8.39. The lowest BCUT2D eigenvalue weighted by molar-refractivity contribution is 0.0934. The number of hydrogen-bond acceptors (Lipinski definition) is 4. The van der Waals surface area contributed by atoms with Crippen LogP contribution in [0.15, 0.2) is 6.07 Å². The molecule has 0 aliphatic heterocycles. The fraction of sp³-hybridized carbons (Fsp3) is 0.588. The Morgan fingerprint density at radius 1 is 1.46 bits per heavy atom. The summed E-state index contributed by atoms with van der Waals surface area (Å²) in [6, 6.07) is 2.20. The highest BCUT2D eigenvalue weighted by atomic mass is 16.1. The number of nitrogens with one attached hydrogen (secondary N) is 2. The highest BCUT2D eigenvalue weighted by molar-refractivity contribution is 5.93. The molecule has 0 aromatic carbocycles. The minimum absolute atomic E-state index is 0.111. The number of nitrogens with zero attached hydrogens (tertiary/aromatic N) is 4. The Labute approximate surface area is 142 Å². The Kier molecular flexibility index (Phi) is 4.45. The molecule has 2 aromatic rings. The van der Waals surface area contributed by atoms with Crippen LogP contribution in [0.3, 0.4) is 0 Å². The zero-order valence-electron chi connectivity index (χ0n) is 15.1. The van der Waals surface area contributed by atoms with Gasteiger partial charge in [-0.2, -0.15) is 10.2 Å². The topological polar surface area (TPSA) is 78.8 Å². The number of carbonyl (C=O) groups excluding carboxylic acids is 1. The van der Waals surface area contributed by atoms with Crippen LogP contribution in [-0.4, -0.2) is 57.5 Å². The second kappa shape index (κ2) is 6.39. The standard InChI is InChI=1S/C17H26N6O/c1-10-16(11(2)23(5)21-10)13-8-14(20-19-13)17(24)18-9-15(22(3)4)12-6-7-12/h8,12,15H,6-7,9H2,1-5H3,(H,18,24)(H,19,20)/t15-/m1/s1. The number of rotatable bonds is 6. The van der Waals surface area contributed by atoms with Gasteiger partial charge in [0, 0.05) is 30.9 Å². The molecular formula is C17H26N6O. The molecule has 2 aromatic heterocycles. The van der Waals surface area contributed by atoms with E-state index in [2.05, 4.69) is 39.6 Å². The Morgan fingerprint density at radius 3 is 2.71 bits per heavy atom. The summed E-state index contributed by atoms with van der Waals surface area (Å²) in [4.78, 5) is 14.6. The molecular weight excluding hydrogens is 304 g/mol. The molecule has 3 rings (SSSR count). The molecule has 2 N–H and O–H groups in total. The molecule has 24 heavy (non-hydrogen) atoms. The number of H-pyrrole nitrogens is 1. The lowest BCUT2D eigenvalue weighted by atomic mass is 10.1. The van der Waals surface area contributed by atoms with Gasteiger partial charge in [-0.15, -0.1) is 0 Å². The average molecular weight is 330 g/mol. The maximum Gasteiger partial charge on any atom is 0.269 e. The van der Waals surface area contributed by atoms with Crippen LogP contribution in [0.4, 0.5) is 0 Å². The van der Waals surface area contributed by atoms with Gasteiger partial charge in [-0.05, 0) is 52.8 Å². The minimum atomic E-state index is -0.111. The van der Waals surface area contributed by atoms with Crippen molar-refractivity contribution < 1.29 is 4.79 Å². The summed E-state index contributed by atoms with van der Waals surface area (Å²) >= 11 is 0. The molecule has 0 unspecified atom stereocenters. The molecule has 1 aliphatic carbocycles. The number of hydrogen-bond donors (Lipinski definition) is 2. The quantitative estimate of drug-likeness (QED) is 0.841. The third-order valence-corrected chi connectivity index (χ3v) is 4.89. The van der Waals surface area contributed by atoms with Crippen molar-refractivity contribution >= 4 is 5.91 Å². The largest absolute Gasteiger partial charge is 0.349 e. The Balaban J connectivity index is 1.69. The fourth-order valence-electron chi connectivity index (χ4n) is 3.25. The van der Waals surface area contributed by atoms with Crippen molar-refractivity contribution in [3.8, 4) is 11.3 Å². The molecule has 1 fully saturated rings. The Hall–Kier alpha value is -2.15. The van der Waals surface area contributed by atoms with Crippen molar-refractivity contribution in [2.75, 3.05) is 20.6 Å². The van der Waals surface area contributed by atoms with E-state index in [4.69, 9.17) is 0 Å². The van der Waals surface area contributed by atoms with E-state index in [-0.39, 0.29) is 5.91 Å². The summed E-state index contributed by atoms with van der Waals surface area (Å²) in [7, 11) is 6.04. The third kappa shape index (κ3) is 3.21. The molecule has 0 radical (unpaired) electrons. The first-order chi connectivity index (χ1) is 11.4. The summed E-state index contributed by atoms with van der Waals surface area (Å²) in [6.45, 7) is 4.62. The van der Waals surface area contributed by atoms with E-state index in [0.717, 1.165) is 22.6 Å². The van der Waals surface area contributed by atoms with E-state index in [1.165, 1.54) is 12.8 Å². The van der Waals surface area contributed by atoms with Crippen molar-refractivity contribution in [2.45, 2.75) is 32.7 Å². The van der Waals surface area contributed by atoms with E-state index in [9.17, 15) is 4.79 Å². The van der Waals surface area contributed by atoms with Crippen molar-refractivity contribution in [3.63, 3.8) is 0 Å². The molecule has 1 amide bonds. The maximum absolute atomic E-state index is 12.4. The highest BCUT2D eigenvalue weighted by Crippen LogP contribution is 2.34. The fourth-order valence-corrected chi connectivity index (χ4v) is 3.25. The van der Waals surface area contributed by atoms with Crippen molar-refractivity contribution in [1.29, 1.82) is 0 Å². The Morgan fingerprint density at radius 2 is 2.17 bits per heavy atom. The second-order valence-electron chi connectivity index (χ2n) is 6.91. The molecule has 0 bridgehead atoms. The van der Waals surface area contributed by atoms with E-state index in [1.807, 2.05) is 25.6 Å². The summed E-state index contributed by atoms with van der Waals surface area (Å²) in [5, 5.41) is 14.6. The van der Waals surface area contributed by atoms with Crippen LogP contribution >= 0.6 is 0 Å². The molecule has 1 atom stereocenters. The third-order valence-electron chi connectivity index (χ3n) is 4.89. The van der Waals surface area contributed by atoms with Gasteiger partial charge in [-0.1, -0.05) is 0 Å². The second-order valence-corrected chi connectivity index (χ2v) is 6.91. The number of amides is 1. The van der Waals surface area contributed by atoms with E-state index in [0.29, 0.717) is 24.2 Å². The smallest absolute Gasteiger partial charge is 0.269 e. The van der Waals surface area contributed by atoms with Crippen LogP contribution < -0.4 is 5.32 Å². The monoisotopic (exact) mass is 330 g/mol. The number of aryl methyl sites for hydroxylation is 2. The lowest BCUT2D eigenvalue weighted by Gasteiger charge is -2.24. The van der Waals surface area contributed by atoms with Crippen molar-refractivity contribution in [2.24, 2.45) is 13.0 Å². The van der Waals surface area contributed by atoms with Gasteiger partial charge >= 0.3 is 0 Å². The summed E-state index contributed by atoms with van der Waals surface area (Å²) in [5.41, 5.74) is 4.18. The van der Waals surface area contributed by atoms with Crippen LogP contribution in [-0.2, 0) is 7.05 Å². The normalized spacial score (nSPS) is 15.8. The summed E-state index contributed by atoms with van der Waals surface area (Å²) in [5.74, 6) is 0.596. The molecule has 0 saturated heterocycles. The van der Waals surface area contributed by atoms with Crippen molar-refractivity contribution in [3.05, 3.63) is 23.1 Å². The number of likely N-dealkylation sites (N-methyl/N-ethyl adjacent to an activating group) is 1. The van der Waals surface area contributed by atoms with Crippen LogP contribution in [0.25, 0.3) is 11.3 Å². The lowest BCUT2D eigenvalue weighted by Crippen LogP contribution is -2.41. The van der Waals surface area contributed by atoms with Gasteiger partial charge in [0.05, 0.1) is 11.4 Å². The maximum atomic E-state index is 12.4. The number of aromatic amines is 1. The van der Waals surface area contributed by atoms with Gasteiger partial charge in [-0.3, -0.25) is 14.6 Å². The number of aromatic nitrogens is 4. The first kappa shape index (κ1) is 16.7. The van der Waals surface area contributed by atoms with Crippen LogP contribution in [0, 0.1) is 19.8 Å². The van der Waals surface area contributed by atoms with Crippen LogP contribution in [0.1, 0.15) is 34.7 Å². The minimum Gasteiger partial charge on any atom is -0.349 e. The van der Waals surface area contributed by atoms with Gasteiger partial charge in [-0.25, -0.2) is 0 Å². The average Bonchev–Trinajstić information content (AvgIpc) is 3.17. The summed E-state index contributed by atoms with van der Waals surface area (Å²) < 4.78 is 1.83. The molecule has 2 heterocycles. The van der Waals surface area contributed by atoms with Gasteiger partial charge in [0.15, 0.2) is 0 Å². The van der Waals surface area contributed by atoms with Gasteiger partial charge in [0.25, 0.3) is 5.91 Å². The summed E-state index contributed by atoms with van der Waals surface area (Å²) in [6.07, 6.45) is 2.51. The number of carbonyl (C=O) groups is 1. The van der Waals surface area contributed by atoms with Crippen LogP contribution in [0.2, 0.25) is 0 Å². The SMILES string of the molecule is Cc1nn(C)c(C)c1-c1cc(C(=O)NC[C@H](C2CC2)N(C)C)[nH]n1. The predicted molar refractivity (Wildman–Crippen MR) is 92.8 cm³/mol. The molecule has 7 heteroatoms. The Bertz CT molecular complexity index is 738. The van der Waals surface area contributed by atoms with Gasteiger partial charge < -0.3 is 10.2 Å². The molecule has 1 aliphatic rings.